The molecule has 0 atom stereocenters. The number of carbonyl (C=O) groups excluding carboxylic acids is 1. The first kappa shape index (κ1) is 9.78. The van der Waals surface area contributed by atoms with Gasteiger partial charge in [0.25, 0.3) is 0 Å². The largest absolute Gasteiger partial charge is 0.384 e. The molecule has 1 rings (SSSR count). The van der Waals surface area contributed by atoms with Crippen LogP contribution in [0, 0.1) is 0 Å². The molecule has 0 aliphatic carbocycles. The van der Waals surface area contributed by atoms with Gasteiger partial charge in [-0.3, -0.25) is 0 Å². The Bertz CT molecular complexity index is 271. The van der Waals surface area contributed by atoms with Crippen molar-refractivity contribution in [3.63, 3.8) is 0 Å². The summed E-state index contributed by atoms with van der Waals surface area (Å²) in [6.45, 7) is 2.85. The fourth-order valence-corrected chi connectivity index (χ4v) is 1.27. The van der Waals surface area contributed by atoms with Gasteiger partial charge in [-0.2, -0.15) is 0 Å². The predicted octanol–water partition coefficient (Wildman–Crippen LogP) is 2.25. The summed E-state index contributed by atoms with van der Waals surface area (Å²) in [4.78, 5) is 10.1. The molecule has 0 aromatic heterocycles. The summed E-state index contributed by atoms with van der Waals surface area (Å²) in [5.41, 5.74) is 2.44. The molecule has 2 heteroatoms. The highest BCUT2D eigenvalue weighted by atomic mass is 16.1. The SMILES string of the molecule is CCc1ccccc1NCCC=O. The summed E-state index contributed by atoms with van der Waals surface area (Å²) in [7, 11) is 0. The molecule has 2 nitrogen and oxygen atoms in total. The molecule has 70 valence electrons. The fraction of sp³-hybridized carbons (Fsp3) is 0.364. The van der Waals surface area contributed by atoms with Crippen molar-refractivity contribution in [1.82, 2.24) is 0 Å². The third-order valence-electron chi connectivity index (χ3n) is 1.98. The first-order valence-corrected chi connectivity index (χ1v) is 4.64. The average molecular weight is 177 g/mol. The molecule has 0 saturated heterocycles. The molecular weight excluding hydrogens is 162 g/mol. The minimum atomic E-state index is 0.568. The average Bonchev–Trinajstić information content (AvgIpc) is 2.19. The lowest BCUT2D eigenvalue weighted by molar-refractivity contribution is -0.107. The molecule has 0 bridgehead atoms. The van der Waals surface area contributed by atoms with Gasteiger partial charge in [-0.15, -0.1) is 0 Å². The summed E-state index contributed by atoms with van der Waals surface area (Å²) < 4.78 is 0. The molecule has 0 fully saturated rings. The topological polar surface area (TPSA) is 29.1 Å². The molecule has 0 spiro atoms. The summed E-state index contributed by atoms with van der Waals surface area (Å²) in [6.07, 6.45) is 2.52. The normalized spacial score (nSPS) is 9.62. The van der Waals surface area contributed by atoms with Crippen molar-refractivity contribution in [2.24, 2.45) is 0 Å². The van der Waals surface area contributed by atoms with Crippen molar-refractivity contribution in [1.29, 1.82) is 0 Å². The standard InChI is InChI=1S/C11H15NO/c1-2-10-6-3-4-7-11(10)12-8-5-9-13/h3-4,6-7,9,12H,2,5,8H2,1H3. The lowest BCUT2D eigenvalue weighted by Gasteiger charge is -2.08. The van der Waals surface area contributed by atoms with Gasteiger partial charge in [0, 0.05) is 18.7 Å². The van der Waals surface area contributed by atoms with Gasteiger partial charge in [-0.25, -0.2) is 0 Å². The van der Waals surface area contributed by atoms with Gasteiger partial charge in [-0.1, -0.05) is 25.1 Å². The summed E-state index contributed by atoms with van der Waals surface area (Å²) in [5, 5.41) is 3.23. The highest BCUT2D eigenvalue weighted by Crippen LogP contribution is 2.14. The smallest absolute Gasteiger partial charge is 0.121 e. The monoisotopic (exact) mass is 177 g/mol. The summed E-state index contributed by atoms with van der Waals surface area (Å²) in [5.74, 6) is 0. The van der Waals surface area contributed by atoms with Crippen molar-refractivity contribution >= 4 is 12.0 Å². The summed E-state index contributed by atoms with van der Waals surface area (Å²) >= 11 is 0. The highest BCUT2D eigenvalue weighted by molar-refractivity contribution is 5.54. The Kier molecular flexibility index (Phi) is 4.03. The van der Waals surface area contributed by atoms with E-state index in [0.717, 1.165) is 24.9 Å². The van der Waals surface area contributed by atoms with E-state index >= 15 is 0 Å². The van der Waals surface area contributed by atoms with Gasteiger partial charge in [0.2, 0.25) is 0 Å². The maximum Gasteiger partial charge on any atom is 0.121 e. The maximum absolute atomic E-state index is 10.1. The number of hydrogen-bond acceptors (Lipinski definition) is 2. The number of benzene rings is 1. The minimum absolute atomic E-state index is 0.568. The van der Waals surface area contributed by atoms with Gasteiger partial charge in [0.15, 0.2) is 0 Å². The quantitative estimate of drug-likeness (QED) is 0.552. The molecule has 0 radical (unpaired) electrons. The van der Waals surface area contributed by atoms with Crippen molar-refractivity contribution in [2.45, 2.75) is 19.8 Å². The van der Waals surface area contributed by atoms with Crippen LogP contribution in [-0.4, -0.2) is 12.8 Å². The molecule has 13 heavy (non-hydrogen) atoms. The van der Waals surface area contributed by atoms with Gasteiger partial charge in [-0.05, 0) is 18.1 Å². The van der Waals surface area contributed by atoms with E-state index in [1.54, 1.807) is 0 Å². The first-order valence-electron chi connectivity index (χ1n) is 4.64. The number of para-hydroxylation sites is 1. The van der Waals surface area contributed by atoms with Crippen LogP contribution in [0.25, 0.3) is 0 Å². The van der Waals surface area contributed by atoms with E-state index in [-0.39, 0.29) is 0 Å². The lowest BCUT2D eigenvalue weighted by Crippen LogP contribution is -2.03. The van der Waals surface area contributed by atoms with Gasteiger partial charge < -0.3 is 10.1 Å². The van der Waals surface area contributed by atoms with E-state index in [9.17, 15) is 4.79 Å². The number of hydrogen-bond donors (Lipinski definition) is 1. The van der Waals surface area contributed by atoms with Crippen molar-refractivity contribution in [2.75, 3.05) is 11.9 Å². The fourth-order valence-electron chi connectivity index (χ4n) is 1.27. The third kappa shape index (κ3) is 2.90. The molecule has 0 amide bonds. The van der Waals surface area contributed by atoms with E-state index in [4.69, 9.17) is 0 Å². The number of anilines is 1. The van der Waals surface area contributed by atoms with E-state index in [2.05, 4.69) is 18.3 Å². The molecule has 0 aliphatic heterocycles. The Morgan fingerprint density at radius 1 is 1.38 bits per heavy atom. The zero-order valence-electron chi connectivity index (χ0n) is 7.92. The number of rotatable bonds is 5. The van der Waals surface area contributed by atoms with E-state index in [1.807, 2.05) is 18.2 Å². The molecule has 0 heterocycles. The zero-order chi connectivity index (χ0) is 9.52. The van der Waals surface area contributed by atoms with Crippen LogP contribution < -0.4 is 5.32 Å². The number of carbonyl (C=O) groups is 1. The van der Waals surface area contributed by atoms with Crippen LogP contribution in [0.5, 0.6) is 0 Å². The molecule has 1 aromatic rings. The highest BCUT2D eigenvalue weighted by Gasteiger charge is 1.96. The lowest BCUT2D eigenvalue weighted by atomic mass is 10.1. The first-order chi connectivity index (χ1) is 6.38. The van der Waals surface area contributed by atoms with Gasteiger partial charge in [0.1, 0.15) is 6.29 Å². The molecule has 0 unspecified atom stereocenters. The molecule has 0 saturated carbocycles. The molecular formula is C11H15NO. The van der Waals surface area contributed by atoms with Crippen LogP contribution in [0.2, 0.25) is 0 Å². The Balaban J connectivity index is 2.58. The van der Waals surface area contributed by atoms with Gasteiger partial charge in [0.05, 0.1) is 0 Å². The zero-order valence-corrected chi connectivity index (χ0v) is 7.92. The van der Waals surface area contributed by atoms with E-state index in [0.29, 0.717) is 6.42 Å². The van der Waals surface area contributed by atoms with Crippen molar-refractivity contribution in [3.05, 3.63) is 29.8 Å². The van der Waals surface area contributed by atoms with E-state index in [1.165, 1.54) is 5.56 Å². The number of aldehydes is 1. The van der Waals surface area contributed by atoms with Crippen LogP contribution in [0.4, 0.5) is 5.69 Å². The maximum atomic E-state index is 10.1. The molecule has 1 aromatic carbocycles. The second-order valence-corrected chi connectivity index (χ2v) is 2.89. The van der Waals surface area contributed by atoms with Crippen LogP contribution >= 0.6 is 0 Å². The Hall–Kier alpha value is -1.31. The second kappa shape index (κ2) is 5.36. The summed E-state index contributed by atoms with van der Waals surface area (Å²) in [6, 6.07) is 8.18. The Labute approximate surface area is 79.0 Å². The van der Waals surface area contributed by atoms with Gasteiger partial charge >= 0.3 is 0 Å². The molecule has 1 N–H and O–H groups in total. The van der Waals surface area contributed by atoms with Crippen LogP contribution in [0.3, 0.4) is 0 Å². The van der Waals surface area contributed by atoms with Crippen LogP contribution in [0.1, 0.15) is 18.9 Å². The van der Waals surface area contributed by atoms with E-state index < -0.39 is 0 Å². The van der Waals surface area contributed by atoms with Crippen molar-refractivity contribution < 1.29 is 4.79 Å². The minimum Gasteiger partial charge on any atom is -0.384 e. The third-order valence-corrected chi connectivity index (χ3v) is 1.98. The second-order valence-electron chi connectivity index (χ2n) is 2.89. The van der Waals surface area contributed by atoms with Crippen LogP contribution in [-0.2, 0) is 11.2 Å². The predicted molar refractivity (Wildman–Crippen MR) is 55.0 cm³/mol. The molecule has 0 aliphatic rings. The van der Waals surface area contributed by atoms with Crippen LogP contribution in [0.15, 0.2) is 24.3 Å². The number of nitrogens with one attached hydrogen (secondary N) is 1. The Morgan fingerprint density at radius 2 is 2.15 bits per heavy atom. The van der Waals surface area contributed by atoms with Crippen molar-refractivity contribution in [3.8, 4) is 0 Å². The Morgan fingerprint density at radius 3 is 2.85 bits per heavy atom. The number of aryl methyl sites for hydroxylation is 1.